The summed E-state index contributed by atoms with van der Waals surface area (Å²) in [5, 5.41) is 5.39. The molecule has 0 fully saturated rings. The molecule has 1 aliphatic heterocycles. The number of anilines is 1. The third-order valence-electron chi connectivity index (χ3n) is 3.48. The summed E-state index contributed by atoms with van der Waals surface area (Å²) in [5.41, 5.74) is -0.324. The second kappa shape index (κ2) is 10.3. The summed E-state index contributed by atoms with van der Waals surface area (Å²) in [6.07, 6.45) is -0.368. The molecule has 7 nitrogen and oxygen atoms in total. The topological polar surface area (TPSA) is 70.4 Å². The molecular formula is C18H11F5N7Pt-3. The number of rotatable bonds is 2. The van der Waals surface area contributed by atoms with Gasteiger partial charge in [0.25, 0.3) is 0 Å². The summed E-state index contributed by atoms with van der Waals surface area (Å²) in [5.74, 6) is -1.85. The van der Waals surface area contributed by atoms with E-state index in [1.807, 2.05) is 0 Å². The Morgan fingerprint density at radius 1 is 1.03 bits per heavy atom. The van der Waals surface area contributed by atoms with Crippen molar-refractivity contribution in [3.05, 3.63) is 73.2 Å². The number of pyridine rings is 1. The fourth-order valence-electron chi connectivity index (χ4n) is 2.13. The van der Waals surface area contributed by atoms with E-state index in [0.717, 1.165) is 18.2 Å². The first kappa shape index (κ1) is 24.3. The summed E-state index contributed by atoms with van der Waals surface area (Å²) in [7, 11) is 1.77. The molecular weight excluding hydrogens is 604 g/mol. The fraction of sp³-hybridized carbons (Fsp3) is 0.111. The third kappa shape index (κ3) is 6.48. The maximum absolute atomic E-state index is 13.1. The van der Waals surface area contributed by atoms with Crippen LogP contribution in [0.25, 0.3) is 11.4 Å². The number of hydrogen-bond donors (Lipinski definition) is 0. The first-order valence-electron chi connectivity index (χ1n) is 8.09. The molecule has 0 radical (unpaired) electrons. The van der Waals surface area contributed by atoms with Gasteiger partial charge in [-0.05, 0) is 7.05 Å². The van der Waals surface area contributed by atoms with Gasteiger partial charge in [-0.15, -0.1) is 18.8 Å². The second-order valence-electron chi connectivity index (χ2n) is 5.67. The van der Waals surface area contributed by atoms with Crippen molar-refractivity contribution in [1.82, 2.24) is 24.8 Å². The first-order chi connectivity index (χ1) is 14.2. The van der Waals surface area contributed by atoms with Gasteiger partial charge in [-0.3, -0.25) is 15.0 Å². The molecule has 1 aliphatic rings. The maximum Gasteiger partial charge on any atom is 0.370 e. The van der Waals surface area contributed by atoms with Gasteiger partial charge in [-0.1, -0.05) is 22.9 Å². The van der Waals surface area contributed by atoms with Crippen molar-refractivity contribution in [3.8, 4) is 11.4 Å². The van der Waals surface area contributed by atoms with Gasteiger partial charge in [0.1, 0.15) is 24.6 Å². The zero-order valence-corrected chi connectivity index (χ0v) is 17.7. The molecule has 0 unspecified atom stereocenters. The third-order valence-corrected chi connectivity index (χ3v) is 3.48. The number of alkyl halides is 3. The standard InChI is InChI=1S/C10H8F3N3.C8H3F2N4.Pt/c1-15-6-14-16(7-15)9-4-2-8(3-5-9)10(11,12)13;9-6-2-1-5(7(10)14-6)8-12-3-11-4-13-8;/h2-4,6-7H,1H3;2-4H;/q-2;-1;. The van der Waals surface area contributed by atoms with Crippen LogP contribution in [0.4, 0.5) is 27.6 Å². The van der Waals surface area contributed by atoms with Crippen LogP contribution in [0.1, 0.15) is 5.56 Å². The predicted molar refractivity (Wildman–Crippen MR) is 95.1 cm³/mol. The van der Waals surface area contributed by atoms with Crippen molar-refractivity contribution in [2.24, 2.45) is 5.10 Å². The molecule has 3 aromatic rings. The second-order valence-corrected chi connectivity index (χ2v) is 5.67. The largest absolute Gasteiger partial charge is 0.493 e. The van der Waals surface area contributed by atoms with Gasteiger partial charge < -0.3 is 9.91 Å². The van der Waals surface area contributed by atoms with Crippen molar-refractivity contribution >= 4 is 12.0 Å². The SMILES string of the molecule is CN1C=NN(c2[c-]cc(C(F)(F)F)cc2)[CH-]1.Fc1c[c-]c(-c2ncncn2)c(F)n1.[Pt]. The van der Waals surface area contributed by atoms with Gasteiger partial charge in [0.15, 0.2) is 0 Å². The van der Waals surface area contributed by atoms with E-state index in [1.54, 1.807) is 25.0 Å². The van der Waals surface area contributed by atoms with E-state index in [0.29, 0.717) is 5.69 Å². The fourth-order valence-corrected chi connectivity index (χ4v) is 2.13. The van der Waals surface area contributed by atoms with Gasteiger partial charge >= 0.3 is 6.18 Å². The molecule has 0 N–H and O–H groups in total. The van der Waals surface area contributed by atoms with Gasteiger partial charge in [-0.2, -0.15) is 36.5 Å². The first-order valence-corrected chi connectivity index (χ1v) is 8.09. The molecule has 13 heteroatoms. The normalized spacial score (nSPS) is 12.8. The Hall–Kier alpha value is -3.01. The number of benzene rings is 1. The van der Waals surface area contributed by atoms with Crippen molar-refractivity contribution < 1.29 is 43.0 Å². The van der Waals surface area contributed by atoms with Gasteiger partial charge in [0, 0.05) is 21.1 Å². The summed E-state index contributed by atoms with van der Waals surface area (Å²) >= 11 is 0. The summed E-state index contributed by atoms with van der Waals surface area (Å²) in [4.78, 5) is 15.6. The van der Waals surface area contributed by atoms with Crippen molar-refractivity contribution in [3.63, 3.8) is 0 Å². The Bertz CT molecular complexity index is 1020. The maximum atomic E-state index is 13.1. The number of hydrogen-bond acceptors (Lipinski definition) is 7. The molecule has 3 heterocycles. The predicted octanol–water partition coefficient (Wildman–Crippen LogP) is 3.33. The molecule has 0 aliphatic carbocycles. The Morgan fingerprint density at radius 2 is 1.74 bits per heavy atom. The average molecular weight is 615 g/mol. The van der Waals surface area contributed by atoms with Crippen LogP contribution in [-0.4, -0.2) is 38.2 Å². The average Bonchev–Trinajstić information content (AvgIpc) is 3.15. The molecule has 0 saturated carbocycles. The van der Waals surface area contributed by atoms with E-state index in [2.05, 4.69) is 37.2 Å². The molecule has 0 saturated heterocycles. The van der Waals surface area contributed by atoms with Gasteiger partial charge in [-0.25, -0.2) is 13.8 Å². The number of halogens is 5. The molecule has 0 amide bonds. The minimum atomic E-state index is -4.33. The van der Waals surface area contributed by atoms with Crippen LogP contribution in [-0.2, 0) is 27.2 Å². The van der Waals surface area contributed by atoms with Crippen LogP contribution < -0.4 is 5.01 Å². The molecule has 2 aromatic heterocycles. The minimum absolute atomic E-state index is 0. The van der Waals surface area contributed by atoms with E-state index in [4.69, 9.17) is 0 Å². The smallest absolute Gasteiger partial charge is 0.370 e. The number of aromatic nitrogens is 4. The Balaban J connectivity index is 0.000000215. The number of nitrogens with zero attached hydrogens (tertiary/aromatic N) is 7. The number of hydrazone groups is 1. The van der Waals surface area contributed by atoms with Crippen LogP contribution in [0.3, 0.4) is 0 Å². The molecule has 4 rings (SSSR count). The van der Waals surface area contributed by atoms with E-state index < -0.39 is 23.6 Å². The Morgan fingerprint density at radius 3 is 2.26 bits per heavy atom. The Labute approximate surface area is 187 Å². The minimum Gasteiger partial charge on any atom is -0.493 e. The van der Waals surface area contributed by atoms with Crippen molar-refractivity contribution in [1.29, 1.82) is 0 Å². The summed E-state index contributed by atoms with van der Waals surface area (Å²) in [6.45, 7) is 1.64. The molecule has 0 spiro atoms. The molecule has 166 valence electrons. The monoisotopic (exact) mass is 615 g/mol. The van der Waals surface area contributed by atoms with Crippen LogP contribution in [0.2, 0.25) is 0 Å². The van der Waals surface area contributed by atoms with E-state index >= 15 is 0 Å². The molecule has 31 heavy (non-hydrogen) atoms. The summed E-state index contributed by atoms with van der Waals surface area (Å²) < 4.78 is 62.3. The quantitative estimate of drug-likeness (QED) is 0.251. The van der Waals surface area contributed by atoms with Crippen LogP contribution in [0.15, 0.2) is 42.0 Å². The van der Waals surface area contributed by atoms with Crippen molar-refractivity contribution in [2.75, 3.05) is 12.1 Å². The zero-order chi connectivity index (χ0) is 21.7. The summed E-state index contributed by atoms with van der Waals surface area (Å²) in [6, 6.07) is 9.07. The van der Waals surface area contributed by atoms with Crippen LogP contribution in [0.5, 0.6) is 0 Å². The van der Waals surface area contributed by atoms with Gasteiger partial charge in [0.2, 0.25) is 0 Å². The van der Waals surface area contributed by atoms with E-state index in [-0.39, 0.29) is 32.5 Å². The van der Waals surface area contributed by atoms with Crippen molar-refractivity contribution in [2.45, 2.75) is 6.18 Å². The molecule has 0 atom stereocenters. The van der Waals surface area contributed by atoms with Crippen LogP contribution in [0, 0.1) is 30.7 Å². The van der Waals surface area contributed by atoms with Crippen LogP contribution >= 0.6 is 0 Å². The Kier molecular flexibility index (Phi) is 8.09. The van der Waals surface area contributed by atoms with E-state index in [9.17, 15) is 22.0 Å². The van der Waals surface area contributed by atoms with Gasteiger partial charge in [0.05, 0.1) is 12.2 Å². The molecule has 0 bridgehead atoms. The van der Waals surface area contributed by atoms with E-state index in [1.165, 1.54) is 23.7 Å². The molecule has 1 aromatic carbocycles. The zero-order valence-electron chi connectivity index (χ0n) is 15.5.